The van der Waals surface area contributed by atoms with Gasteiger partial charge in [0.1, 0.15) is 0 Å². The van der Waals surface area contributed by atoms with E-state index >= 15 is 0 Å². The van der Waals surface area contributed by atoms with E-state index in [1.165, 1.54) is 28.6 Å². The zero-order chi connectivity index (χ0) is 18.0. The van der Waals surface area contributed by atoms with Gasteiger partial charge in [0.2, 0.25) is 16.4 Å². The maximum atomic E-state index is 12.8. The number of carbonyl (C=O) groups excluding carboxylic acids is 1. The van der Waals surface area contributed by atoms with Gasteiger partial charge in [-0.3, -0.25) is 10.1 Å². The third kappa shape index (κ3) is 3.88. The molecule has 1 aliphatic rings. The molecule has 9 heteroatoms. The van der Waals surface area contributed by atoms with Crippen LogP contribution in [0.15, 0.2) is 40.0 Å². The summed E-state index contributed by atoms with van der Waals surface area (Å²) >= 11 is 0. The van der Waals surface area contributed by atoms with Gasteiger partial charge in [0.25, 0.3) is 5.91 Å². The second kappa shape index (κ2) is 6.93. The lowest BCUT2D eigenvalue weighted by atomic mass is 9.94. The first-order valence-corrected chi connectivity index (χ1v) is 9.48. The van der Waals surface area contributed by atoms with Crippen molar-refractivity contribution in [1.29, 1.82) is 0 Å². The minimum atomic E-state index is -3.56. The van der Waals surface area contributed by atoms with Gasteiger partial charge in [0, 0.05) is 18.7 Å². The molecule has 25 heavy (non-hydrogen) atoms. The number of hydrogen-bond donors (Lipinski definition) is 1. The van der Waals surface area contributed by atoms with Gasteiger partial charge < -0.3 is 4.42 Å². The summed E-state index contributed by atoms with van der Waals surface area (Å²) in [6.45, 7) is 5.16. The Morgan fingerprint density at radius 3 is 2.40 bits per heavy atom. The number of aromatic nitrogens is 2. The Kier molecular flexibility index (Phi) is 4.87. The van der Waals surface area contributed by atoms with Crippen LogP contribution in [0, 0.1) is 11.8 Å². The first kappa shape index (κ1) is 17.6. The summed E-state index contributed by atoms with van der Waals surface area (Å²) in [5, 5.41) is 9.46. The number of piperidine rings is 1. The fraction of sp³-hybridized carbons (Fsp3) is 0.438. The van der Waals surface area contributed by atoms with E-state index in [9.17, 15) is 13.2 Å². The van der Waals surface area contributed by atoms with Crippen molar-refractivity contribution in [1.82, 2.24) is 14.5 Å². The van der Waals surface area contributed by atoms with Gasteiger partial charge in [-0.05, 0) is 42.5 Å². The van der Waals surface area contributed by atoms with Gasteiger partial charge in [-0.15, -0.1) is 5.10 Å². The monoisotopic (exact) mass is 364 g/mol. The van der Waals surface area contributed by atoms with Crippen LogP contribution in [0.5, 0.6) is 0 Å². The van der Waals surface area contributed by atoms with E-state index in [4.69, 9.17) is 4.42 Å². The number of rotatable bonds is 4. The number of sulfonamides is 1. The molecule has 1 amide bonds. The molecule has 0 radical (unpaired) electrons. The zero-order valence-electron chi connectivity index (χ0n) is 14.0. The number of nitrogens with one attached hydrogen (secondary N) is 1. The molecule has 0 spiro atoms. The Bertz CT molecular complexity index is 824. The molecule has 1 aromatic heterocycles. The van der Waals surface area contributed by atoms with Crippen molar-refractivity contribution < 1.29 is 17.6 Å². The van der Waals surface area contributed by atoms with E-state index in [0.29, 0.717) is 30.5 Å². The number of carbonyl (C=O) groups is 1. The molecule has 2 heterocycles. The lowest BCUT2D eigenvalue weighted by molar-refractivity contribution is 0.102. The normalized spacial score (nSPS) is 21.8. The summed E-state index contributed by atoms with van der Waals surface area (Å²) in [5.41, 5.74) is 0.303. The minimum absolute atomic E-state index is 0.0158. The quantitative estimate of drug-likeness (QED) is 0.889. The molecule has 2 aromatic rings. The van der Waals surface area contributed by atoms with Gasteiger partial charge in [-0.25, -0.2) is 8.42 Å². The standard InChI is InChI=1S/C16H20N4O4S/c1-11-7-12(2)9-20(8-11)25(22,23)14-5-3-13(4-6-14)15(21)18-16-19-17-10-24-16/h3-6,10-12H,7-9H2,1-2H3,(H,18,19,21)/t11-,12+. The van der Waals surface area contributed by atoms with Crippen molar-refractivity contribution >= 4 is 21.9 Å². The molecule has 1 aromatic carbocycles. The van der Waals surface area contributed by atoms with Gasteiger partial charge in [-0.1, -0.05) is 18.9 Å². The van der Waals surface area contributed by atoms with E-state index in [1.807, 2.05) is 0 Å². The molecule has 2 atom stereocenters. The van der Waals surface area contributed by atoms with E-state index in [2.05, 4.69) is 29.4 Å². The third-order valence-electron chi connectivity index (χ3n) is 4.17. The smallest absolute Gasteiger partial charge is 0.322 e. The average molecular weight is 364 g/mol. The Morgan fingerprint density at radius 1 is 1.20 bits per heavy atom. The zero-order valence-corrected chi connectivity index (χ0v) is 14.9. The molecule has 134 valence electrons. The van der Waals surface area contributed by atoms with Crippen molar-refractivity contribution in [3.8, 4) is 0 Å². The van der Waals surface area contributed by atoms with E-state index < -0.39 is 15.9 Å². The van der Waals surface area contributed by atoms with Crippen LogP contribution in [0.1, 0.15) is 30.6 Å². The van der Waals surface area contributed by atoms with Crippen molar-refractivity contribution in [2.45, 2.75) is 25.2 Å². The van der Waals surface area contributed by atoms with Crippen LogP contribution in [0.3, 0.4) is 0 Å². The largest absolute Gasteiger partial charge is 0.411 e. The Labute approximate surface area is 146 Å². The molecule has 0 saturated carbocycles. The molecule has 1 fully saturated rings. The highest BCUT2D eigenvalue weighted by Crippen LogP contribution is 2.26. The van der Waals surface area contributed by atoms with E-state index in [1.54, 1.807) is 0 Å². The molecule has 1 N–H and O–H groups in total. The van der Waals surface area contributed by atoms with Crippen LogP contribution in [0.4, 0.5) is 6.01 Å². The van der Waals surface area contributed by atoms with Gasteiger partial charge >= 0.3 is 6.01 Å². The molecule has 0 bridgehead atoms. The van der Waals surface area contributed by atoms with E-state index in [-0.39, 0.29) is 10.9 Å². The fourth-order valence-corrected chi connectivity index (χ4v) is 4.81. The lowest BCUT2D eigenvalue weighted by Gasteiger charge is -2.34. The maximum Gasteiger partial charge on any atom is 0.322 e. The van der Waals surface area contributed by atoms with Gasteiger partial charge in [0.15, 0.2) is 0 Å². The van der Waals surface area contributed by atoms with Crippen molar-refractivity contribution in [2.24, 2.45) is 11.8 Å². The summed E-state index contributed by atoms with van der Waals surface area (Å²) in [5.74, 6) is 0.212. The highest BCUT2D eigenvalue weighted by Gasteiger charge is 2.31. The summed E-state index contributed by atoms with van der Waals surface area (Å²) in [6.07, 6.45) is 2.13. The topological polar surface area (TPSA) is 105 Å². The molecule has 0 aliphatic carbocycles. The van der Waals surface area contributed by atoms with Crippen LogP contribution in [-0.2, 0) is 10.0 Å². The minimum Gasteiger partial charge on any atom is -0.411 e. The fourth-order valence-electron chi connectivity index (χ4n) is 3.13. The van der Waals surface area contributed by atoms with Gasteiger partial charge in [0.05, 0.1) is 4.90 Å². The number of nitrogens with zero attached hydrogens (tertiary/aromatic N) is 3. The predicted molar refractivity (Wildman–Crippen MR) is 90.4 cm³/mol. The summed E-state index contributed by atoms with van der Waals surface area (Å²) in [7, 11) is -3.56. The van der Waals surface area contributed by atoms with Crippen molar-refractivity contribution in [2.75, 3.05) is 18.4 Å². The number of anilines is 1. The summed E-state index contributed by atoms with van der Waals surface area (Å²) in [6, 6.07) is 5.81. The summed E-state index contributed by atoms with van der Waals surface area (Å²) in [4.78, 5) is 12.2. The van der Waals surface area contributed by atoms with Crippen LogP contribution in [0.25, 0.3) is 0 Å². The Hall–Kier alpha value is -2.26. The summed E-state index contributed by atoms with van der Waals surface area (Å²) < 4.78 is 32.0. The van der Waals surface area contributed by atoms with Crippen LogP contribution in [-0.4, -0.2) is 41.9 Å². The number of amides is 1. The SMILES string of the molecule is C[C@@H]1C[C@H](C)CN(S(=O)(=O)c2ccc(C(=O)Nc3nnco3)cc2)C1. The molecule has 8 nitrogen and oxygen atoms in total. The molecule has 1 saturated heterocycles. The van der Waals surface area contributed by atoms with Crippen molar-refractivity contribution in [3.63, 3.8) is 0 Å². The third-order valence-corrected chi connectivity index (χ3v) is 6.02. The van der Waals surface area contributed by atoms with E-state index in [0.717, 1.165) is 12.8 Å². The van der Waals surface area contributed by atoms with Crippen molar-refractivity contribution in [3.05, 3.63) is 36.2 Å². The second-order valence-electron chi connectivity index (χ2n) is 6.49. The maximum absolute atomic E-state index is 12.8. The van der Waals surface area contributed by atoms with Crippen LogP contribution in [0.2, 0.25) is 0 Å². The molecular weight excluding hydrogens is 344 g/mol. The number of hydrogen-bond acceptors (Lipinski definition) is 6. The lowest BCUT2D eigenvalue weighted by Crippen LogP contribution is -2.42. The first-order chi connectivity index (χ1) is 11.9. The van der Waals surface area contributed by atoms with Crippen LogP contribution >= 0.6 is 0 Å². The highest BCUT2D eigenvalue weighted by atomic mass is 32.2. The Balaban J connectivity index is 1.76. The number of benzene rings is 1. The average Bonchev–Trinajstić information content (AvgIpc) is 3.07. The molecule has 1 aliphatic heterocycles. The van der Waals surface area contributed by atoms with Crippen LogP contribution < -0.4 is 5.32 Å². The molecule has 3 rings (SSSR count). The Morgan fingerprint density at radius 2 is 1.84 bits per heavy atom. The molecule has 0 unspecified atom stereocenters. The molecular formula is C16H20N4O4S. The predicted octanol–water partition coefficient (Wildman–Crippen LogP) is 1.99. The first-order valence-electron chi connectivity index (χ1n) is 8.04. The second-order valence-corrected chi connectivity index (χ2v) is 8.43. The van der Waals surface area contributed by atoms with Gasteiger partial charge in [-0.2, -0.15) is 4.31 Å². The highest BCUT2D eigenvalue weighted by molar-refractivity contribution is 7.89.